The molecule has 1 N–H and O–H groups in total. The van der Waals surface area contributed by atoms with E-state index in [9.17, 15) is 9.59 Å². The molecule has 1 saturated heterocycles. The van der Waals surface area contributed by atoms with Gasteiger partial charge in [0, 0.05) is 36.9 Å². The summed E-state index contributed by atoms with van der Waals surface area (Å²) in [6, 6.07) is 10.9. The van der Waals surface area contributed by atoms with Crippen LogP contribution in [0.3, 0.4) is 0 Å². The number of nitrogens with one attached hydrogen (secondary N) is 1. The summed E-state index contributed by atoms with van der Waals surface area (Å²) in [6.45, 7) is 5.25. The number of ether oxygens (including phenoxy) is 3. The van der Waals surface area contributed by atoms with Gasteiger partial charge in [0.15, 0.2) is 11.7 Å². The van der Waals surface area contributed by atoms with Crippen LogP contribution in [-0.2, 0) is 19.1 Å². The summed E-state index contributed by atoms with van der Waals surface area (Å²) in [5.41, 5.74) is 2.16. The second-order valence-corrected chi connectivity index (χ2v) is 8.55. The van der Waals surface area contributed by atoms with Crippen molar-refractivity contribution in [3.8, 4) is 5.75 Å². The highest BCUT2D eigenvalue weighted by Crippen LogP contribution is 2.44. The average molecular weight is 462 g/mol. The number of hydrogen-bond acceptors (Lipinski definition) is 5. The smallest absolute Gasteiger partial charge is 0.324 e. The molecule has 1 aliphatic heterocycles. The van der Waals surface area contributed by atoms with E-state index in [1.54, 1.807) is 18.3 Å². The van der Waals surface area contributed by atoms with Gasteiger partial charge in [-0.1, -0.05) is 41.4 Å². The zero-order valence-electron chi connectivity index (χ0n) is 17.2. The van der Waals surface area contributed by atoms with Gasteiger partial charge < -0.3 is 19.2 Å². The average Bonchev–Trinajstić information content (AvgIpc) is 3.10. The summed E-state index contributed by atoms with van der Waals surface area (Å²) in [4.78, 5) is 29.2. The van der Waals surface area contributed by atoms with E-state index in [4.69, 9.17) is 37.4 Å². The van der Waals surface area contributed by atoms with Crippen LogP contribution in [0.15, 0.2) is 42.6 Å². The number of carbonyl (C=O) groups is 2. The van der Waals surface area contributed by atoms with Crippen LogP contribution < -0.4 is 4.74 Å². The Labute approximate surface area is 189 Å². The predicted molar refractivity (Wildman–Crippen MR) is 118 cm³/mol. The van der Waals surface area contributed by atoms with E-state index in [0.717, 1.165) is 16.5 Å². The van der Waals surface area contributed by atoms with Crippen molar-refractivity contribution in [3.05, 3.63) is 63.8 Å². The van der Waals surface area contributed by atoms with E-state index in [2.05, 4.69) is 4.98 Å². The largest absolute Gasteiger partial charge is 0.491 e. The van der Waals surface area contributed by atoms with Gasteiger partial charge in [-0.2, -0.15) is 0 Å². The van der Waals surface area contributed by atoms with Crippen LogP contribution >= 0.6 is 23.2 Å². The summed E-state index contributed by atoms with van der Waals surface area (Å²) in [5, 5.41) is 1.43. The topological polar surface area (TPSA) is 77.6 Å². The first-order chi connectivity index (χ1) is 14.7. The van der Waals surface area contributed by atoms with Gasteiger partial charge in [0.2, 0.25) is 0 Å². The van der Waals surface area contributed by atoms with E-state index in [-0.39, 0.29) is 10.0 Å². The van der Waals surface area contributed by atoms with Crippen LogP contribution in [0.2, 0.25) is 10.0 Å². The predicted octanol–water partition coefficient (Wildman–Crippen LogP) is 5.46. The van der Waals surface area contributed by atoms with Crippen molar-refractivity contribution in [2.24, 2.45) is 5.92 Å². The van der Waals surface area contributed by atoms with Gasteiger partial charge in [0.25, 0.3) is 5.79 Å². The molecule has 1 aliphatic rings. The Bertz CT molecular complexity index is 1130. The van der Waals surface area contributed by atoms with Crippen molar-refractivity contribution in [2.45, 2.75) is 32.5 Å². The van der Waals surface area contributed by atoms with Gasteiger partial charge in [-0.25, -0.2) is 0 Å². The van der Waals surface area contributed by atoms with Crippen molar-refractivity contribution < 1.29 is 23.8 Å². The zero-order chi connectivity index (χ0) is 22.3. The van der Waals surface area contributed by atoms with Crippen molar-refractivity contribution in [1.82, 2.24) is 4.98 Å². The van der Waals surface area contributed by atoms with Gasteiger partial charge >= 0.3 is 11.9 Å². The standard InChI is InChI=1S/C23H21Cl2NO5/c1-4-29-20-15(24)9-12(10-16(20)25)18(14-11-26-17-8-6-5-7-13(14)17)19-21(27)30-23(2,3)31-22(19)28/h5-11,18-19,26H,4H2,1-3H3/t18-/m1/s1. The molecule has 0 radical (unpaired) electrons. The Kier molecular flexibility index (Phi) is 5.62. The van der Waals surface area contributed by atoms with Gasteiger partial charge in [0.1, 0.15) is 0 Å². The highest BCUT2D eigenvalue weighted by Gasteiger charge is 2.48. The number of cyclic esters (lactones) is 2. The third-order valence-corrected chi connectivity index (χ3v) is 5.72. The first-order valence-corrected chi connectivity index (χ1v) is 10.6. The SMILES string of the molecule is CCOc1c(Cl)cc([C@H](c2c[nH]c3ccccc23)C2C(=O)OC(C)(C)OC2=O)cc1Cl. The number of H-pyrrole nitrogens is 1. The van der Waals surface area contributed by atoms with E-state index in [1.807, 2.05) is 31.2 Å². The first-order valence-electron chi connectivity index (χ1n) is 9.85. The normalized spacial score (nSPS) is 17.3. The lowest BCUT2D eigenvalue weighted by Gasteiger charge is -2.36. The van der Waals surface area contributed by atoms with Gasteiger partial charge in [-0.3, -0.25) is 9.59 Å². The molecule has 0 spiro atoms. The van der Waals surface area contributed by atoms with E-state index < -0.39 is 29.6 Å². The lowest BCUT2D eigenvalue weighted by Crippen LogP contribution is -2.48. The minimum atomic E-state index is -1.33. The molecule has 2 heterocycles. The number of carbonyl (C=O) groups excluding carboxylic acids is 2. The number of benzene rings is 2. The fourth-order valence-electron chi connectivity index (χ4n) is 3.94. The minimum Gasteiger partial charge on any atom is -0.491 e. The van der Waals surface area contributed by atoms with Crippen LogP contribution in [-0.4, -0.2) is 29.3 Å². The summed E-state index contributed by atoms with van der Waals surface area (Å²) >= 11 is 12.9. The number of aromatic nitrogens is 1. The number of fused-ring (bicyclic) bond motifs is 1. The number of esters is 2. The summed E-state index contributed by atoms with van der Waals surface area (Å²) in [6.07, 6.45) is 1.77. The molecule has 0 unspecified atom stereocenters. The maximum Gasteiger partial charge on any atom is 0.324 e. The number of rotatable bonds is 5. The van der Waals surface area contributed by atoms with Crippen LogP contribution in [0.25, 0.3) is 10.9 Å². The second-order valence-electron chi connectivity index (χ2n) is 7.73. The van der Waals surface area contributed by atoms with Crippen LogP contribution in [0.1, 0.15) is 37.8 Å². The number of aromatic amines is 1. The second kappa shape index (κ2) is 8.09. The van der Waals surface area contributed by atoms with Crippen molar-refractivity contribution in [1.29, 1.82) is 0 Å². The molecule has 4 rings (SSSR count). The zero-order valence-corrected chi connectivity index (χ0v) is 18.7. The molecular weight excluding hydrogens is 441 g/mol. The minimum absolute atomic E-state index is 0.284. The Morgan fingerprint density at radius 1 is 1.10 bits per heavy atom. The van der Waals surface area contributed by atoms with Crippen molar-refractivity contribution in [2.75, 3.05) is 6.61 Å². The highest BCUT2D eigenvalue weighted by molar-refractivity contribution is 6.37. The maximum absolute atomic E-state index is 13.0. The molecule has 1 atom stereocenters. The summed E-state index contributed by atoms with van der Waals surface area (Å²) in [7, 11) is 0. The number of hydrogen-bond donors (Lipinski definition) is 1. The molecule has 0 bridgehead atoms. The molecule has 2 aromatic carbocycles. The molecule has 1 aromatic heterocycles. The van der Waals surface area contributed by atoms with Gasteiger partial charge in [-0.15, -0.1) is 0 Å². The fourth-order valence-corrected chi connectivity index (χ4v) is 4.56. The Morgan fingerprint density at radius 3 is 2.32 bits per heavy atom. The Balaban J connectivity index is 1.91. The molecular formula is C23H21Cl2NO5. The molecule has 31 heavy (non-hydrogen) atoms. The Hall–Kier alpha value is -2.70. The third-order valence-electron chi connectivity index (χ3n) is 5.16. The maximum atomic E-state index is 13.0. The van der Waals surface area contributed by atoms with Crippen LogP contribution in [0.5, 0.6) is 5.75 Å². The van der Waals surface area contributed by atoms with Crippen LogP contribution in [0.4, 0.5) is 0 Å². The molecule has 0 aliphatic carbocycles. The quantitative estimate of drug-likeness (QED) is 0.403. The number of para-hydroxylation sites is 1. The highest BCUT2D eigenvalue weighted by atomic mass is 35.5. The van der Waals surface area contributed by atoms with E-state index >= 15 is 0 Å². The van der Waals surface area contributed by atoms with E-state index in [1.165, 1.54) is 13.8 Å². The first kappa shape index (κ1) is 21.5. The van der Waals surface area contributed by atoms with Crippen molar-refractivity contribution >= 4 is 46.0 Å². The molecule has 6 nitrogen and oxygen atoms in total. The lowest BCUT2D eigenvalue weighted by molar-refractivity contribution is -0.240. The summed E-state index contributed by atoms with van der Waals surface area (Å²) < 4.78 is 16.3. The lowest BCUT2D eigenvalue weighted by atomic mass is 9.80. The van der Waals surface area contributed by atoms with Crippen LogP contribution in [0, 0.1) is 5.92 Å². The van der Waals surface area contributed by atoms with Crippen molar-refractivity contribution in [3.63, 3.8) is 0 Å². The third kappa shape index (κ3) is 3.98. The molecule has 8 heteroatoms. The summed E-state index contributed by atoms with van der Waals surface area (Å²) in [5.74, 6) is -4.28. The molecule has 162 valence electrons. The Morgan fingerprint density at radius 2 is 1.71 bits per heavy atom. The fraction of sp³-hybridized carbons (Fsp3) is 0.304. The molecule has 1 fully saturated rings. The molecule has 0 amide bonds. The van der Waals surface area contributed by atoms with E-state index in [0.29, 0.717) is 17.9 Å². The molecule has 0 saturated carbocycles. The number of halogens is 2. The van der Waals surface area contributed by atoms with Gasteiger partial charge in [-0.05, 0) is 36.2 Å². The monoisotopic (exact) mass is 461 g/mol. The van der Waals surface area contributed by atoms with Gasteiger partial charge in [0.05, 0.1) is 16.7 Å². The molecule has 3 aromatic rings.